The number of thioether (sulfide) groups is 1. The van der Waals surface area contributed by atoms with Crippen molar-refractivity contribution in [1.29, 1.82) is 0 Å². The Bertz CT molecular complexity index is 748. The fourth-order valence-corrected chi connectivity index (χ4v) is 2.43. The Labute approximate surface area is 142 Å². The van der Waals surface area contributed by atoms with Crippen LogP contribution in [0.3, 0.4) is 0 Å². The first kappa shape index (κ1) is 16.9. The summed E-state index contributed by atoms with van der Waals surface area (Å²) in [6.45, 7) is 5.79. The molecular weight excluding hydrogens is 364 g/mol. The SMILES string of the molecule is CSc1nnc(C(C)(C)C)c(=O)n1N=Cc1ccc(Br)cc1. The molecule has 7 heteroatoms. The van der Waals surface area contributed by atoms with Gasteiger partial charge >= 0.3 is 0 Å². The molecule has 0 amide bonds. The van der Waals surface area contributed by atoms with Crippen LogP contribution in [0.1, 0.15) is 32.0 Å². The number of aromatic nitrogens is 3. The van der Waals surface area contributed by atoms with Gasteiger partial charge in [0.2, 0.25) is 5.16 Å². The molecule has 2 aromatic rings. The molecule has 0 aliphatic heterocycles. The van der Waals surface area contributed by atoms with E-state index >= 15 is 0 Å². The van der Waals surface area contributed by atoms with Crippen molar-refractivity contribution in [3.05, 3.63) is 50.3 Å². The van der Waals surface area contributed by atoms with E-state index in [9.17, 15) is 4.79 Å². The molecule has 1 aromatic carbocycles. The van der Waals surface area contributed by atoms with Crippen LogP contribution in [0.2, 0.25) is 0 Å². The Kier molecular flexibility index (Phi) is 5.18. The van der Waals surface area contributed by atoms with Crippen molar-refractivity contribution in [2.45, 2.75) is 31.3 Å². The van der Waals surface area contributed by atoms with Crippen LogP contribution in [-0.2, 0) is 5.41 Å². The molecule has 1 aromatic heterocycles. The molecule has 0 aliphatic carbocycles. The lowest BCUT2D eigenvalue weighted by Crippen LogP contribution is -2.32. The molecule has 0 saturated carbocycles. The normalized spacial score (nSPS) is 12.0. The number of hydrogen-bond donors (Lipinski definition) is 0. The molecule has 0 saturated heterocycles. The Morgan fingerprint density at radius 3 is 2.41 bits per heavy atom. The second kappa shape index (κ2) is 6.75. The van der Waals surface area contributed by atoms with E-state index in [0.29, 0.717) is 10.9 Å². The van der Waals surface area contributed by atoms with Crippen molar-refractivity contribution in [2.75, 3.05) is 6.26 Å². The zero-order valence-electron chi connectivity index (χ0n) is 12.9. The van der Waals surface area contributed by atoms with Crippen molar-refractivity contribution in [3.63, 3.8) is 0 Å². The second-order valence-corrected chi connectivity index (χ2v) is 7.39. The van der Waals surface area contributed by atoms with Crippen LogP contribution < -0.4 is 5.56 Å². The third kappa shape index (κ3) is 3.84. The van der Waals surface area contributed by atoms with Crippen LogP contribution in [-0.4, -0.2) is 27.3 Å². The van der Waals surface area contributed by atoms with E-state index in [1.165, 1.54) is 16.4 Å². The highest BCUT2D eigenvalue weighted by Crippen LogP contribution is 2.17. The first-order valence-electron chi connectivity index (χ1n) is 6.67. The summed E-state index contributed by atoms with van der Waals surface area (Å²) in [5.74, 6) is 0. The standard InChI is InChI=1S/C15H17BrN4OS/c1-15(2,3)12-13(21)20(14(22-4)19-18-12)17-9-10-5-7-11(16)8-6-10/h5-9H,1-4H3. The van der Waals surface area contributed by atoms with E-state index in [1.807, 2.05) is 51.3 Å². The first-order valence-corrected chi connectivity index (χ1v) is 8.69. The van der Waals surface area contributed by atoms with Crippen LogP contribution >= 0.6 is 27.7 Å². The smallest absolute Gasteiger partial charge is 0.265 e. The monoisotopic (exact) mass is 380 g/mol. The molecule has 0 N–H and O–H groups in total. The molecule has 2 rings (SSSR count). The van der Waals surface area contributed by atoms with Gasteiger partial charge in [0.25, 0.3) is 5.56 Å². The topological polar surface area (TPSA) is 60.1 Å². The predicted octanol–water partition coefficient (Wildman–Crippen LogP) is 3.30. The average Bonchev–Trinajstić information content (AvgIpc) is 2.46. The molecule has 116 valence electrons. The second-order valence-electron chi connectivity index (χ2n) is 5.70. The molecule has 5 nitrogen and oxygen atoms in total. The molecule has 1 heterocycles. The van der Waals surface area contributed by atoms with Gasteiger partial charge in [-0.2, -0.15) is 9.78 Å². The van der Waals surface area contributed by atoms with Crippen LogP contribution in [0.15, 0.2) is 43.8 Å². The average molecular weight is 381 g/mol. The number of rotatable bonds is 3. The number of halogens is 1. The van der Waals surface area contributed by atoms with E-state index < -0.39 is 0 Å². The molecule has 0 aliphatic rings. The van der Waals surface area contributed by atoms with Gasteiger partial charge < -0.3 is 0 Å². The predicted molar refractivity (Wildman–Crippen MR) is 93.9 cm³/mol. The van der Waals surface area contributed by atoms with Crippen LogP contribution in [0.5, 0.6) is 0 Å². The highest BCUT2D eigenvalue weighted by atomic mass is 79.9. The maximum atomic E-state index is 12.6. The summed E-state index contributed by atoms with van der Waals surface area (Å²) in [5.41, 5.74) is 0.686. The summed E-state index contributed by atoms with van der Waals surface area (Å²) in [6.07, 6.45) is 3.48. The zero-order valence-corrected chi connectivity index (χ0v) is 15.3. The zero-order chi connectivity index (χ0) is 16.3. The summed E-state index contributed by atoms with van der Waals surface area (Å²) in [6, 6.07) is 7.67. The van der Waals surface area contributed by atoms with Crippen molar-refractivity contribution < 1.29 is 0 Å². The van der Waals surface area contributed by atoms with E-state index in [0.717, 1.165) is 10.0 Å². The lowest BCUT2D eigenvalue weighted by molar-refractivity contribution is 0.510. The van der Waals surface area contributed by atoms with E-state index in [-0.39, 0.29) is 11.0 Å². The Hall–Kier alpha value is -1.47. The minimum absolute atomic E-state index is 0.236. The Balaban J connectivity index is 2.49. The fourth-order valence-electron chi connectivity index (χ4n) is 1.74. The fraction of sp³-hybridized carbons (Fsp3) is 0.333. The Morgan fingerprint density at radius 2 is 1.86 bits per heavy atom. The summed E-state index contributed by atoms with van der Waals surface area (Å²) in [4.78, 5) is 12.6. The number of hydrogen-bond acceptors (Lipinski definition) is 5. The van der Waals surface area contributed by atoms with E-state index in [1.54, 1.807) is 6.21 Å². The summed E-state index contributed by atoms with van der Waals surface area (Å²) < 4.78 is 2.30. The van der Waals surface area contributed by atoms with E-state index in [2.05, 4.69) is 31.2 Å². The summed E-state index contributed by atoms with van der Waals surface area (Å²) >= 11 is 4.72. The lowest BCUT2D eigenvalue weighted by atomic mass is 9.93. The molecule has 0 radical (unpaired) electrons. The van der Waals surface area contributed by atoms with Gasteiger partial charge in [-0.25, -0.2) is 0 Å². The van der Waals surface area contributed by atoms with Gasteiger partial charge in [-0.05, 0) is 24.0 Å². The van der Waals surface area contributed by atoms with Gasteiger partial charge in [0.05, 0.1) is 6.21 Å². The van der Waals surface area contributed by atoms with Gasteiger partial charge in [0.15, 0.2) is 0 Å². The summed E-state index contributed by atoms with van der Waals surface area (Å²) in [5, 5.41) is 12.9. The van der Waals surface area contributed by atoms with Crippen molar-refractivity contribution >= 4 is 33.9 Å². The molecule has 0 atom stereocenters. The van der Waals surface area contributed by atoms with Crippen molar-refractivity contribution in [3.8, 4) is 0 Å². The third-order valence-corrected chi connectivity index (χ3v) is 4.05. The van der Waals surface area contributed by atoms with Gasteiger partial charge in [0, 0.05) is 9.89 Å². The van der Waals surface area contributed by atoms with Gasteiger partial charge in [-0.15, -0.1) is 10.2 Å². The molecule has 0 bridgehead atoms. The van der Waals surface area contributed by atoms with Gasteiger partial charge in [-0.1, -0.05) is 60.6 Å². The minimum Gasteiger partial charge on any atom is -0.265 e. The Morgan fingerprint density at radius 1 is 1.23 bits per heavy atom. The number of benzene rings is 1. The lowest BCUT2D eigenvalue weighted by Gasteiger charge is -2.16. The molecule has 0 spiro atoms. The highest BCUT2D eigenvalue weighted by molar-refractivity contribution is 9.10. The molecule has 22 heavy (non-hydrogen) atoms. The van der Waals surface area contributed by atoms with E-state index in [4.69, 9.17) is 0 Å². The van der Waals surface area contributed by atoms with Crippen LogP contribution in [0, 0.1) is 0 Å². The summed E-state index contributed by atoms with van der Waals surface area (Å²) in [7, 11) is 0. The van der Waals surface area contributed by atoms with Gasteiger partial charge in [-0.3, -0.25) is 4.79 Å². The maximum Gasteiger partial charge on any atom is 0.297 e. The van der Waals surface area contributed by atoms with Crippen molar-refractivity contribution in [1.82, 2.24) is 14.9 Å². The minimum atomic E-state index is -0.379. The van der Waals surface area contributed by atoms with Crippen LogP contribution in [0.25, 0.3) is 0 Å². The van der Waals surface area contributed by atoms with Crippen LogP contribution in [0.4, 0.5) is 0 Å². The first-order chi connectivity index (χ1) is 10.3. The van der Waals surface area contributed by atoms with Gasteiger partial charge in [0.1, 0.15) is 5.69 Å². The molecule has 0 fully saturated rings. The molecular formula is C15H17BrN4OS. The quantitative estimate of drug-likeness (QED) is 0.605. The maximum absolute atomic E-state index is 12.6. The highest BCUT2D eigenvalue weighted by Gasteiger charge is 2.23. The third-order valence-electron chi connectivity index (χ3n) is 2.90. The molecule has 0 unspecified atom stereocenters. The largest absolute Gasteiger partial charge is 0.297 e. The van der Waals surface area contributed by atoms with Crippen molar-refractivity contribution in [2.24, 2.45) is 5.10 Å². The number of nitrogens with zero attached hydrogens (tertiary/aromatic N) is 4.